The smallest absolute Gasteiger partial charge is 0.178 e. The predicted octanol–water partition coefficient (Wildman–Crippen LogP) is -13.7. The summed E-state index contributed by atoms with van der Waals surface area (Å²) in [5, 5.41) is 67.4. The van der Waals surface area contributed by atoms with Crippen LogP contribution < -0.4 is 53.6 Å². The van der Waals surface area contributed by atoms with Crippen molar-refractivity contribution in [1.29, 1.82) is 0 Å². The lowest BCUT2D eigenvalue weighted by Gasteiger charge is -2.19. The molecular formula is C20H36N4O14-2. The molecule has 0 bridgehead atoms. The first-order chi connectivity index (χ1) is 17.4. The third kappa shape index (κ3) is 34.6. The fourth-order valence-corrected chi connectivity index (χ4v) is 1.66. The Kier molecular flexibility index (Phi) is 29.0. The lowest BCUT2D eigenvalue weighted by Crippen LogP contribution is -2.69. The Morgan fingerprint density at radius 1 is 0.737 bits per heavy atom. The van der Waals surface area contributed by atoms with Gasteiger partial charge in [-0.1, -0.05) is 0 Å². The summed E-state index contributed by atoms with van der Waals surface area (Å²) in [5.74, 6) is -8.02. The first-order valence-corrected chi connectivity index (χ1v) is 11.1. The molecule has 0 spiro atoms. The zero-order valence-corrected chi connectivity index (χ0v) is 20.8. The van der Waals surface area contributed by atoms with Gasteiger partial charge >= 0.3 is 0 Å². The minimum Gasteiger partial charge on any atom is -0.827 e. The SMILES string of the molecule is O=C([O-])CCC(=O)C(=O)[O-].[NH3+]C(CCC(=O)[O-])C([O-])O.[NH3+]C(CCC=O)C(=O)[O-].[NH3+]CCC[C@H]([NH3+])C(=O)[O-]. The van der Waals surface area contributed by atoms with E-state index in [0.29, 0.717) is 12.7 Å². The maximum absolute atomic E-state index is 10.1. The van der Waals surface area contributed by atoms with Crippen molar-refractivity contribution in [1.82, 2.24) is 0 Å². The molecule has 0 saturated heterocycles. The Hall–Kier alpha value is -3.55. The molecule has 0 saturated carbocycles. The van der Waals surface area contributed by atoms with E-state index in [0.717, 1.165) is 13.0 Å². The average molecular weight is 557 g/mol. The van der Waals surface area contributed by atoms with Crippen molar-refractivity contribution in [2.45, 2.75) is 75.8 Å². The van der Waals surface area contributed by atoms with Gasteiger partial charge in [0.25, 0.3) is 0 Å². The van der Waals surface area contributed by atoms with Crippen molar-refractivity contribution in [3.63, 3.8) is 0 Å². The van der Waals surface area contributed by atoms with E-state index in [1.807, 2.05) is 0 Å². The van der Waals surface area contributed by atoms with Crippen LogP contribution in [0.5, 0.6) is 0 Å². The van der Waals surface area contributed by atoms with Crippen LogP contribution in [-0.2, 0) is 33.6 Å². The van der Waals surface area contributed by atoms with Gasteiger partial charge in [0.05, 0.1) is 24.5 Å². The molecule has 0 rings (SSSR count). The monoisotopic (exact) mass is 556 g/mol. The highest BCUT2D eigenvalue weighted by molar-refractivity contribution is 6.31. The number of aldehydes is 1. The first-order valence-electron chi connectivity index (χ1n) is 11.1. The molecule has 0 aromatic heterocycles. The van der Waals surface area contributed by atoms with E-state index < -0.39 is 72.9 Å². The van der Waals surface area contributed by atoms with Gasteiger partial charge in [-0.15, -0.1) is 0 Å². The highest BCUT2D eigenvalue weighted by atomic mass is 16.5. The number of carbonyl (C=O) groups is 7. The summed E-state index contributed by atoms with van der Waals surface area (Å²) in [6.07, 6.45) is -0.541. The van der Waals surface area contributed by atoms with Crippen molar-refractivity contribution in [2.24, 2.45) is 0 Å². The molecule has 0 aromatic rings. The highest BCUT2D eigenvalue weighted by Gasteiger charge is 2.07. The molecule has 0 aliphatic carbocycles. The van der Waals surface area contributed by atoms with Crippen LogP contribution in [0.1, 0.15) is 51.4 Å². The van der Waals surface area contributed by atoms with Crippen LogP contribution in [0.15, 0.2) is 0 Å². The van der Waals surface area contributed by atoms with Gasteiger partial charge < -0.3 is 87.4 Å². The molecule has 38 heavy (non-hydrogen) atoms. The number of quaternary nitrogens is 4. The lowest BCUT2D eigenvalue weighted by molar-refractivity contribution is -0.572. The number of aliphatic carboxylic acids is 5. The van der Waals surface area contributed by atoms with Gasteiger partial charge in [-0.25, -0.2) is 0 Å². The number of carbonyl (C=O) groups excluding carboxylic acids is 7. The zero-order valence-electron chi connectivity index (χ0n) is 20.8. The van der Waals surface area contributed by atoms with Crippen molar-refractivity contribution >= 4 is 41.9 Å². The number of carboxylic acid groups (broad SMARTS) is 5. The Labute approximate surface area is 217 Å². The second-order valence-electron chi connectivity index (χ2n) is 7.42. The maximum Gasteiger partial charge on any atom is 0.178 e. The van der Waals surface area contributed by atoms with Crippen molar-refractivity contribution in [3.05, 3.63) is 0 Å². The average Bonchev–Trinajstić information content (AvgIpc) is 2.83. The number of ketones is 1. The number of rotatable bonds is 16. The van der Waals surface area contributed by atoms with Crippen LogP contribution in [0.3, 0.4) is 0 Å². The largest absolute Gasteiger partial charge is 0.827 e. The number of carboxylic acids is 5. The summed E-state index contributed by atoms with van der Waals surface area (Å²) in [7, 11) is 0. The Morgan fingerprint density at radius 3 is 1.50 bits per heavy atom. The van der Waals surface area contributed by atoms with Crippen molar-refractivity contribution in [3.8, 4) is 0 Å². The molecule has 0 aliphatic rings. The molecule has 13 N–H and O–H groups in total. The maximum atomic E-state index is 10.1. The van der Waals surface area contributed by atoms with Crippen LogP contribution in [0, 0.1) is 0 Å². The van der Waals surface area contributed by atoms with E-state index in [2.05, 4.69) is 22.9 Å². The summed E-state index contributed by atoms with van der Waals surface area (Å²) < 4.78 is 0. The molecular weight excluding hydrogens is 520 g/mol. The normalized spacial score (nSPS) is 12.7. The summed E-state index contributed by atoms with van der Waals surface area (Å²) in [5.41, 5.74) is 13.5. The van der Waals surface area contributed by atoms with Crippen molar-refractivity contribution in [2.75, 3.05) is 6.54 Å². The Bertz CT molecular complexity index is 733. The van der Waals surface area contributed by atoms with Gasteiger partial charge in [0.1, 0.15) is 24.3 Å². The minimum atomic E-state index is -1.86. The van der Waals surface area contributed by atoms with Gasteiger partial charge in [-0.3, -0.25) is 4.79 Å². The summed E-state index contributed by atoms with van der Waals surface area (Å²) in [6, 6.07) is -2.08. The van der Waals surface area contributed by atoms with E-state index >= 15 is 0 Å². The molecule has 0 aromatic carbocycles. The van der Waals surface area contributed by atoms with Crippen molar-refractivity contribution < 1.29 is 92.2 Å². The first kappa shape index (κ1) is 41.6. The molecule has 3 unspecified atom stereocenters. The van der Waals surface area contributed by atoms with Crippen LogP contribution in [0.25, 0.3) is 0 Å². The summed E-state index contributed by atoms with van der Waals surface area (Å²) in [6.45, 7) is 0.763. The van der Waals surface area contributed by atoms with Gasteiger partial charge in [-0.2, -0.15) is 0 Å². The molecule has 4 atom stereocenters. The van der Waals surface area contributed by atoms with E-state index in [1.54, 1.807) is 0 Å². The number of hydrogen-bond acceptors (Lipinski definition) is 14. The molecule has 0 aliphatic heterocycles. The topological polar surface area (TPSA) is 389 Å². The third-order valence-corrected chi connectivity index (χ3v) is 4.01. The molecule has 0 heterocycles. The van der Waals surface area contributed by atoms with E-state index in [9.17, 15) is 64.2 Å². The van der Waals surface area contributed by atoms with Crippen LogP contribution in [-0.4, -0.2) is 78.0 Å². The van der Waals surface area contributed by atoms with E-state index in [4.69, 9.17) is 5.11 Å². The highest BCUT2D eigenvalue weighted by Crippen LogP contribution is 1.92. The van der Waals surface area contributed by atoms with Gasteiger partial charge in [0.2, 0.25) is 0 Å². The fraction of sp³-hybridized carbons (Fsp3) is 0.650. The fourth-order valence-electron chi connectivity index (χ4n) is 1.66. The quantitative estimate of drug-likeness (QED) is 0.0669. The summed E-state index contributed by atoms with van der Waals surface area (Å²) >= 11 is 0. The number of hydrogen-bond donors (Lipinski definition) is 5. The van der Waals surface area contributed by atoms with E-state index in [1.165, 1.54) is 0 Å². The number of Topliss-reactive ketones (excluding diaryl/α,β-unsaturated/α-hetero) is 1. The van der Waals surface area contributed by atoms with Gasteiger partial charge in [0, 0.05) is 56.8 Å². The van der Waals surface area contributed by atoms with Crippen LogP contribution in [0.2, 0.25) is 0 Å². The lowest BCUT2D eigenvalue weighted by atomic mass is 10.1. The molecule has 18 heteroatoms. The summed E-state index contributed by atoms with van der Waals surface area (Å²) in [4.78, 5) is 68.8. The van der Waals surface area contributed by atoms with Gasteiger partial charge in [0.15, 0.2) is 5.78 Å². The van der Waals surface area contributed by atoms with E-state index in [-0.39, 0.29) is 25.7 Å². The molecule has 222 valence electrons. The molecule has 0 amide bonds. The van der Waals surface area contributed by atoms with Gasteiger partial charge in [-0.05, 0) is 12.8 Å². The molecule has 18 nitrogen and oxygen atoms in total. The number of aliphatic hydroxyl groups excluding tert-OH is 1. The Balaban J connectivity index is -0.000000203. The minimum absolute atomic E-state index is 0.0625. The second kappa shape index (κ2) is 26.5. The molecule has 0 fully saturated rings. The third-order valence-electron chi connectivity index (χ3n) is 4.01. The van der Waals surface area contributed by atoms with Crippen LogP contribution >= 0.6 is 0 Å². The predicted molar refractivity (Wildman–Crippen MR) is 107 cm³/mol. The molecule has 0 radical (unpaired) electrons. The second-order valence-corrected chi connectivity index (χ2v) is 7.42. The Morgan fingerprint density at radius 2 is 1.18 bits per heavy atom. The standard InChI is InChI=1S/C5H12N2O2.C5H10NO4.C5H9NO3.C5H6O5/c6-3-1-2-4(7)5(8)9;6-3(5(9)10)1-2-4(7)8;6-4(5(8)9)2-1-3-7;6-3(5(9)10)1-2-4(7)8/h4H,1-3,6-7H2,(H,8,9);3,5,9H,1-2,6H2,(H,7,8);3-4H,1-2,6H2,(H,8,9);1-2H2,(H,7,8)(H,9,10)/q;-1;;/p-1/t4-;;;/m0.../s1. The zero-order chi connectivity index (χ0) is 30.8. The van der Waals surface area contributed by atoms with Crippen LogP contribution in [0.4, 0.5) is 0 Å². The number of aliphatic hydroxyl groups is 1.